The van der Waals surface area contributed by atoms with Crippen molar-refractivity contribution in [2.45, 2.75) is 44.3 Å². The van der Waals surface area contributed by atoms with Crippen LogP contribution in [0.5, 0.6) is 5.75 Å². The molecule has 2 aromatic heterocycles. The van der Waals surface area contributed by atoms with Gasteiger partial charge in [-0.05, 0) is 42.7 Å². The highest BCUT2D eigenvalue weighted by Crippen LogP contribution is 2.32. The predicted octanol–water partition coefficient (Wildman–Crippen LogP) is 1.93. The first-order valence-corrected chi connectivity index (χ1v) is 12.3. The van der Waals surface area contributed by atoms with Gasteiger partial charge in [-0.3, -0.25) is 9.36 Å². The summed E-state index contributed by atoms with van der Waals surface area (Å²) in [4.78, 5) is 36.4. The Balaban J connectivity index is 1.24. The van der Waals surface area contributed by atoms with Crippen LogP contribution < -0.4 is 10.5 Å². The van der Waals surface area contributed by atoms with Gasteiger partial charge in [-0.1, -0.05) is 24.3 Å². The van der Waals surface area contributed by atoms with Gasteiger partial charge in [0.25, 0.3) is 0 Å². The maximum Gasteiger partial charge on any atom is 0.336 e. The van der Waals surface area contributed by atoms with E-state index in [0.29, 0.717) is 23.3 Å². The van der Waals surface area contributed by atoms with Crippen molar-refractivity contribution in [2.75, 3.05) is 12.3 Å². The molecule has 4 aromatic rings. The Morgan fingerprint density at radius 3 is 2.62 bits per heavy atom. The number of imidazole rings is 1. The predicted molar refractivity (Wildman–Crippen MR) is 138 cm³/mol. The minimum atomic E-state index is -1.26. The minimum Gasteiger partial charge on any atom is -0.491 e. The Hall–Kier alpha value is -4.39. The smallest absolute Gasteiger partial charge is 0.336 e. The first-order chi connectivity index (χ1) is 18.7. The summed E-state index contributed by atoms with van der Waals surface area (Å²) in [6.45, 7) is 1.84. The molecule has 2 aromatic carbocycles. The number of carboxylic acids is 1. The van der Waals surface area contributed by atoms with Gasteiger partial charge in [-0.2, -0.15) is 0 Å². The number of anilines is 1. The molecule has 12 nitrogen and oxygen atoms in total. The molecule has 1 aliphatic rings. The molecule has 1 saturated heterocycles. The number of aliphatic hydroxyl groups excluding tert-OH is 2. The highest BCUT2D eigenvalue weighted by molar-refractivity contribution is 6.05. The van der Waals surface area contributed by atoms with Gasteiger partial charge in [-0.15, -0.1) is 0 Å². The van der Waals surface area contributed by atoms with Crippen LogP contribution in [-0.4, -0.2) is 71.5 Å². The lowest BCUT2D eigenvalue weighted by Gasteiger charge is -2.17. The van der Waals surface area contributed by atoms with Gasteiger partial charge in [0.1, 0.15) is 42.5 Å². The summed E-state index contributed by atoms with van der Waals surface area (Å²) in [7, 11) is 0. The van der Waals surface area contributed by atoms with Crippen LogP contribution in [0.25, 0.3) is 11.2 Å². The minimum absolute atomic E-state index is 0.0222. The van der Waals surface area contributed by atoms with E-state index in [1.54, 1.807) is 18.2 Å². The SMILES string of the molecule is Cc1cc(CCC(=O)c2ccccc2C(=O)O)cc(OC[C@H]2O[C@@H](n3cnc4c(N)ncnc43)[C@H](O)[C@@H]2O)c1. The molecule has 12 heteroatoms. The standard InChI is InChI=1S/C27H27N5O7/c1-14-8-15(6-7-19(33)17-4-2-3-5-18(17)27(36)37)10-16(9-14)38-11-20-22(34)23(35)26(39-20)32-13-31-21-24(28)29-12-30-25(21)32/h2-5,8-10,12-13,20,22-23,26,34-35H,6-7,11H2,1H3,(H,36,37)(H2,28,29,30)/t20-,22-,23-,26-/m1/s1. The Bertz CT molecular complexity index is 1540. The second-order valence-electron chi connectivity index (χ2n) is 9.37. The molecule has 1 fully saturated rings. The number of fused-ring (bicyclic) bond motifs is 1. The number of aromatic nitrogens is 4. The second kappa shape index (κ2) is 10.8. The number of nitrogens with zero attached hydrogens (tertiary/aromatic N) is 4. The number of aryl methyl sites for hydroxylation is 2. The van der Waals surface area contributed by atoms with Crippen LogP contribution in [0, 0.1) is 6.92 Å². The fourth-order valence-electron chi connectivity index (χ4n) is 4.69. The van der Waals surface area contributed by atoms with Crippen molar-refractivity contribution in [3.63, 3.8) is 0 Å². The molecule has 0 amide bonds. The van der Waals surface area contributed by atoms with Crippen molar-refractivity contribution < 1.29 is 34.4 Å². The summed E-state index contributed by atoms with van der Waals surface area (Å²) in [5, 5.41) is 30.6. The topological polar surface area (TPSA) is 183 Å². The van der Waals surface area contributed by atoms with E-state index in [2.05, 4.69) is 15.0 Å². The number of nitrogens with two attached hydrogens (primary N) is 1. The van der Waals surface area contributed by atoms with Crippen LogP contribution in [0.15, 0.2) is 55.1 Å². The van der Waals surface area contributed by atoms with E-state index in [0.717, 1.165) is 11.1 Å². The summed E-state index contributed by atoms with van der Waals surface area (Å²) in [6.07, 6.45) is -1.10. The number of carbonyl (C=O) groups is 2. The maximum absolute atomic E-state index is 12.7. The van der Waals surface area contributed by atoms with Gasteiger partial charge in [0.2, 0.25) is 0 Å². The number of aromatic carboxylic acids is 1. The van der Waals surface area contributed by atoms with E-state index in [-0.39, 0.29) is 35.8 Å². The van der Waals surface area contributed by atoms with Crippen LogP contribution in [0.4, 0.5) is 5.82 Å². The van der Waals surface area contributed by atoms with Gasteiger partial charge < -0.3 is 30.5 Å². The van der Waals surface area contributed by atoms with Crippen LogP contribution in [-0.2, 0) is 11.2 Å². The number of nitrogen functional groups attached to an aromatic ring is 1. The lowest BCUT2D eigenvalue weighted by molar-refractivity contribution is -0.0474. The molecule has 5 N–H and O–H groups in total. The number of aliphatic hydroxyl groups is 2. The molecular formula is C27H27N5O7. The number of Topliss-reactive ketones (excluding diaryl/α,β-unsaturated/α-hetero) is 1. The van der Waals surface area contributed by atoms with Crippen LogP contribution in [0.2, 0.25) is 0 Å². The maximum atomic E-state index is 12.7. The Morgan fingerprint density at radius 2 is 1.85 bits per heavy atom. The Kier molecular flexibility index (Phi) is 7.24. The zero-order valence-electron chi connectivity index (χ0n) is 21.0. The number of ether oxygens (including phenoxy) is 2. The van der Waals surface area contributed by atoms with Gasteiger partial charge in [0, 0.05) is 12.0 Å². The second-order valence-corrected chi connectivity index (χ2v) is 9.37. The molecule has 39 heavy (non-hydrogen) atoms. The molecule has 202 valence electrons. The van der Waals surface area contributed by atoms with Crippen molar-refractivity contribution in [1.82, 2.24) is 19.5 Å². The van der Waals surface area contributed by atoms with Crippen molar-refractivity contribution in [1.29, 1.82) is 0 Å². The zero-order chi connectivity index (χ0) is 27.7. The van der Waals surface area contributed by atoms with Crippen molar-refractivity contribution in [3.05, 3.63) is 77.4 Å². The summed E-state index contributed by atoms with van der Waals surface area (Å²) >= 11 is 0. The number of rotatable bonds is 9. The number of hydrogen-bond acceptors (Lipinski definition) is 10. The molecule has 0 unspecified atom stereocenters. The molecule has 4 atom stereocenters. The third kappa shape index (κ3) is 5.30. The third-order valence-corrected chi connectivity index (χ3v) is 6.62. The highest BCUT2D eigenvalue weighted by atomic mass is 16.6. The molecular weight excluding hydrogens is 506 g/mol. The average molecular weight is 534 g/mol. The van der Waals surface area contributed by atoms with Crippen molar-refractivity contribution in [2.24, 2.45) is 0 Å². The van der Waals surface area contributed by atoms with Crippen LogP contribution in [0.1, 0.15) is 44.5 Å². The average Bonchev–Trinajstić information content (AvgIpc) is 3.47. The molecule has 0 saturated carbocycles. The number of carbonyl (C=O) groups excluding carboxylic acids is 1. The van der Waals surface area contributed by atoms with Gasteiger partial charge in [0.15, 0.2) is 23.5 Å². The van der Waals surface area contributed by atoms with Gasteiger partial charge in [-0.25, -0.2) is 19.7 Å². The summed E-state index contributed by atoms with van der Waals surface area (Å²) in [5.41, 5.74) is 8.45. The first kappa shape index (κ1) is 26.2. The number of ketones is 1. The third-order valence-electron chi connectivity index (χ3n) is 6.62. The quantitative estimate of drug-likeness (QED) is 0.231. The van der Waals surface area contributed by atoms with Gasteiger partial charge in [0.05, 0.1) is 11.9 Å². The Morgan fingerprint density at radius 1 is 1.08 bits per heavy atom. The van der Waals surface area contributed by atoms with E-state index in [4.69, 9.17) is 15.2 Å². The fraction of sp³-hybridized carbons (Fsp3) is 0.296. The first-order valence-electron chi connectivity index (χ1n) is 12.3. The normalized spacial score (nSPS) is 20.8. The molecule has 0 aliphatic carbocycles. The van der Waals surface area contributed by atoms with E-state index >= 15 is 0 Å². The summed E-state index contributed by atoms with van der Waals surface area (Å²) in [6, 6.07) is 11.6. The number of benzene rings is 2. The van der Waals surface area contributed by atoms with E-state index < -0.39 is 30.5 Å². The van der Waals surface area contributed by atoms with Gasteiger partial charge >= 0.3 is 5.97 Å². The molecule has 0 spiro atoms. The van der Waals surface area contributed by atoms with Crippen LogP contribution >= 0.6 is 0 Å². The fourth-order valence-corrected chi connectivity index (χ4v) is 4.69. The van der Waals surface area contributed by atoms with Crippen molar-refractivity contribution >= 4 is 28.7 Å². The lowest BCUT2D eigenvalue weighted by atomic mass is 9.98. The summed E-state index contributed by atoms with van der Waals surface area (Å²) in [5.74, 6) is -0.716. The molecule has 3 heterocycles. The van der Waals surface area contributed by atoms with E-state index in [1.807, 2.05) is 19.1 Å². The number of hydrogen-bond donors (Lipinski definition) is 4. The monoisotopic (exact) mass is 533 g/mol. The highest BCUT2D eigenvalue weighted by Gasteiger charge is 2.44. The van der Waals surface area contributed by atoms with E-state index in [1.165, 1.54) is 29.4 Å². The molecule has 0 radical (unpaired) electrons. The molecule has 1 aliphatic heterocycles. The van der Waals surface area contributed by atoms with Crippen molar-refractivity contribution in [3.8, 4) is 5.75 Å². The van der Waals surface area contributed by atoms with Crippen LogP contribution in [0.3, 0.4) is 0 Å². The molecule has 0 bridgehead atoms. The Labute approximate surface area is 222 Å². The summed E-state index contributed by atoms with van der Waals surface area (Å²) < 4.78 is 13.3. The van der Waals surface area contributed by atoms with E-state index in [9.17, 15) is 24.9 Å². The lowest BCUT2D eigenvalue weighted by Crippen LogP contribution is -2.34. The largest absolute Gasteiger partial charge is 0.491 e. The zero-order valence-corrected chi connectivity index (χ0v) is 21.0. The molecule has 5 rings (SSSR count). The number of carboxylic acid groups (broad SMARTS) is 1.